The molecule has 1 fully saturated rings. The summed E-state index contributed by atoms with van der Waals surface area (Å²) in [5.74, 6) is -1.66. The first-order chi connectivity index (χ1) is 22.4. The number of methoxy groups -OCH3 is 1. The Balaban J connectivity index is 1.32. The molecule has 46 heavy (non-hydrogen) atoms. The Morgan fingerprint density at radius 3 is 1.91 bits per heavy atom. The van der Waals surface area contributed by atoms with Crippen LogP contribution in [0.4, 0.5) is 10.5 Å². The highest BCUT2D eigenvalue weighted by Gasteiger charge is 2.53. The van der Waals surface area contributed by atoms with Gasteiger partial charge in [-0.05, 0) is 48.5 Å². The zero-order valence-electron chi connectivity index (χ0n) is 24.3. The second kappa shape index (κ2) is 13.1. The van der Waals surface area contributed by atoms with Crippen LogP contribution in [0, 0.1) is 11.3 Å². The Morgan fingerprint density at radius 2 is 1.39 bits per heavy atom. The number of aromatic nitrogens is 2. The van der Waals surface area contributed by atoms with Gasteiger partial charge in [0, 0.05) is 34.6 Å². The van der Waals surface area contributed by atoms with Gasteiger partial charge in [0.1, 0.15) is 17.5 Å². The molecule has 6 rings (SSSR count). The maximum atomic E-state index is 13.5. The first-order valence-electron chi connectivity index (χ1n) is 14.2. The lowest BCUT2D eigenvalue weighted by Gasteiger charge is -2.43. The predicted molar refractivity (Wildman–Crippen MR) is 163 cm³/mol. The van der Waals surface area contributed by atoms with Crippen molar-refractivity contribution in [3.05, 3.63) is 102 Å². The Morgan fingerprint density at radius 1 is 0.826 bits per heavy atom. The monoisotopic (exact) mass is 624 g/mol. The summed E-state index contributed by atoms with van der Waals surface area (Å²) >= 11 is 0. The summed E-state index contributed by atoms with van der Waals surface area (Å²) in [7, 11) is 1.29. The van der Waals surface area contributed by atoms with E-state index in [1.807, 2.05) is 36.4 Å². The van der Waals surface area contributed by atoms with E-state index in [4.69, 9.17) is 28.9 Å². The Hall–Kier alpha value is -5.68. The fourth-order valence-electron chi connectivity index (χ4n) is 5.26. The number of esters is 2. The van der Waals surface area contributed by atoms with Crippen molar-refractivity contribution < 1.29 is 43.2 Å². The summed E-state index contributed by atoms with van der Waals surface area (Å²) in [6.45, 7) is -0.669. The fourth-order valence-corrected chi connectivity index (χ4v) is 5.26. The molecule has 0 saturated carbocycles. The number of nitriles is 1. The van der Waals surface area contributed by atoms with Gasteiger partial charge in [-0.25, -0.2) is 14.4 Å². The molecule has 3 aromatic carbocycles. The van der Waals surface area contributed by atoms with Gasteiger partial charge in [-0.2, -0.15) is 5.26 Å². The summed E-state index contributed by atoms with van der Waals surface area (Å²) in [5.41, 5.74) is 2.26. The van der Waals surface area contributed by atoms with Crippen LogP contribution in [0.25, 0.3) is 21.8 Å². The molecule has 3 heterocycles. The average Bonchev–Trinajstić information content (AvgIpc) is 3.71. The molecule has 0 bridgehead atoms. The quantitative estimate of drug-likeness (QED) is 0.144. The molecule has 5 aromatic rings. The number of para-hydroxylation sites is 2. The molecule has 4 N–H and O–H groups in total. The number of anilines is 1. The molecule has 234 valence electrons. The van der Waals surface area contributed by atoms with Crippen LogP contribution in [0.15, 0.2) is 84.9 Å². The number of carbonyl (C=O) groups excluding carboxylic acids is 3. The Labute approximate surface area is 261 Å². The minimum absolute atomic E-state index is 0.0867. The van der Waals surface area contributed by atoms with Crippen LogP contribution in [0.2, 0.25) is 0 Å². The van der Waals surface area contributed by atoms with E-state index in [-0.39, 0.29) is 11.4 Å². The van der Waals surface area contributed by atoms with Gasteiger partial charge in [0.15, 0.2) is 24.6 Å². The number of hydrogen-bond acceptors (Lipinski definition) is 10. The lowest BCUT2D eigenvalue weighted by atomic mass is 9.98. The standard InChI is InChI=1S/C33H28N4O9/c1-42-32-29(45-31(40)25-15-20-7-3-5-9-23(20)37-25)28(44-30(39)24-14-19-6-2-4-8-22(19)36-24)27(26(17-38)43-32)46-33(41)35-21-12-10-18(16-34)11-13-21/h2-15,26-29,32,36-38H,17H2,1H3,(H,35,41)/t26-,27-,28+,29-,32+/m1/s1. The van der Waals surface area contributed by atoms with E-state index >= 15 is 0 Å². The molecule has 1 aliphatic heterocycles. The Kier molecular flexibility index (Phi) is 8.66. The summed E-state index contributed by atoms with van der Waals surface area (Å²) in [6, 6.07) is 25.6. The molecule has 0 unspecified atom stereocenters. The zero-order chi connectivity index (χ0) is 32.2. The van der Waals surface area contributed by atoms with E-state index in [1.54, 1.807) is 30.3 Å². The molecule has 1 aliphatic rings. The van der Waals surface area contributed by atoms with Gasteiger partial charge in [0.05, 0.1) is 18.2 Å². The number of rotatable bonds is 8. The number of carbonyl (C=O) groups is 3. The third kappa shape index (κ3) is 6.26. The third-order valence-corrected chi connectivity index (χ3v) is 7.49. The first-order valence-corrected chi connectivity index (χ1v) is 14.2. The molecule has 13 heteroatoms. The largest absolute Gasteiger partial charge is 0.449 e. The van der Waals surface area contributed by atoms with Crippen LogP contribution < -0.4 is 5.32 Å². The van der Waals surface area contributed by atoms with E-state index in [0.717, 1.165) is 10.8 Å². The topological polar surface area (TPSA) is 185 Å². The van der Waals surface area contributed by atoms with Crippen LogP contribution in [0.3, 0.4) is 0 Å². The number of nitrogens with one attached hydrogen (secondary N) is 3. The van der Waals surface area contributed by atoms with Crippen molar-refractivity contribution in [3.63, 3.8) is 0 Å². The summed E-state index contributed by atoms with van der Waals surface area (Å²) in [4.78, 5) is 46.0. The maximum absolute atomic E-state index is 13.5. The highest BCUT2D eigenvalue weighted by molar-refractivity contribution is 5.96. The number of aliphatic hydroxyl groups is 1. The van der Waals surface area contributed by atoms with Crippen LogP contribution in [0.1, 0.15) is 26.5 Å². The summed E-state index contributed by atoms with van der Waals surface area (Å²) in [6.07, 6.45) is -7.99. The first kappa shape index (κ1) is 30.4. The second-order valence-electron chi connectivity index (χ2n) is 10.4. The number of hydrogen-bond donors (Lipinski definition) is 4. The number of amides is 1. The number of aliphatic hydroxyl groups excluding tert-OH is 1. The molecular formula is C33H28N4O9. The SMILES string of the molecule is CO[C@H]1O[C@H](CO)[C@@H](OC(=O)Nc2ccc(C#N)cc2)[C@H](OC(=O)c2cc3ccccc3[nH]2)[C@H]1OC(=O)c1cc2ccccc2[nH]1. The molecule has 0 spiro atoms. The van der Waals surface area contributed by atoms with Crippen molar-refractivity contribution in [1.82, 2.24) is 9.97 Å². The normalized spacial score (nSPS) is 20.9. The average molecular weight is 625 g/mol. The fraction of sp³-hybridized carbons (Fsp3) is 0.212. The third-order valence-electron chi connectivity index (χ3n) is 7.49. The molecule has 13 nitrogen and oxygen atoms in total. The summed E-state index contributed by atoms with van der Waals surface area (Å²) in [5, 5.41) is 23.3. The number of H-pyrrole nitrogens is 2. The number of ether oxygens (including phenoxy) is 5. The van der Waals surface area contributed by atoms with Crippen molar-refractivity contribution in [2.45, 2.75) is 30.7 Å². The highest BCUT2D eigenvalue weighted by Crippen LogP contribution is 2.31. The van der Waals surface area contributed by atoms with Gasteiger partial charge in [-0.15, -0.1) is 0 Å². The van der Waals surface area contributed by atoms with Crippen molar-refractivity contribution in [1.29, 1.82) is 5.26 Å². The van der Waals surface area contributed by atoms with Gasteiger partial charge in [0.2, 0.25) is 0 Å². The van der Waals surface area contributed by atoms with E-state index in [0.29, 0.717) is 22.3 Å². The molecule has 0 radical (unpaired) electrons. The molecule has 2 aromatic heterocycles. The number of fused-ring (bicyclic) bond motifs is 2. The molecule has 1 saturated heterocycles. The van der Waals surface area contributed by atoms with Gasteiger partial charge in [-0.1, -0.05) is 36.4 Å². The second-order valence-corrected chi connectivity index (χ2v) is 10.4. The molecular weight excluding hydrogens is 596 g/mol. The van der Waals surface area contributed by atoms with E-state index in [1.165, 1.54) is 31.4 Å². The number of nitrogens with zero attached hydrogens (tertiary/aromatic N) is 1. The molecule has 5 atom stereocenters. The maximum Gasteiger partial charge on any atom is 0.412 e. The highest BCUT2D eigenvalue weighted by atomic mass is 16.7. The van der Waals surface area contributed by atoms with Gasteiger partial charge in [0.25, 0.3) is 0 Å². The van der Waals surface area contributed by atoms with E-state index in [2.05, 4.69) is 15.3 Å². The zero-order valence-corrected chi connectivity index (χ0v) is 24.3. The van der Waals surface area contributed by atoms with E-state index < -0.39 is 55.3 Å². The number of aromatic amines is 2. The smallest absolute Gasteiger partial charge is 0.412 e. The minimum Gasteiger partial charge on any atom is -0.449 e. The van der Waals surface area contributed by atoms with Crippen molar-refractivity contribution in [2.24, 2.45) is 0 Å². The van der Waals surface area contributed by atoms with Gasteiger partial charge >= 0.3 is 18.0 Å². The lowest BCUT2D eigenvalue weighted by Crippen LogP contribution is -2.63. The minimum atomic E-state index is -1.50. The summed E-state index contributed by atoms with van der Waals surface area (Å²) < 4.78 is 28.7. The van der Waals surface area contributed by atoms with Crippen molar-refractivity contribution >= 4 is 45.5 Å². The van der Waals surface area contributed by atoms with Gasteiger partial charge in [-0.3, -0.25) is 5.32 Å². The van der Waals surface area contributed by atoms with Crippen LogP contribution in [0.5, 0.6) is 0 Å². The predicted octanol–water partition coefficient (Wildman–Crippen LogP) is 4.25. The van der Waals surface area contributed by atoms with Crippen LogP contribution in [-0.2, 0) is 23.7 Å². The lowest BCUT2D eigenvalue weighted by molar-refractivity contribution is -0.291. The van der Waals surface area contributed by atoms with Gasteiger partial charge < -0.3 is 38.8 Å². The molecule has 1 amide bonds. The van der Waals surface area contributed by atoms with Crippen LogP contribution >= 0.6 is 0 Å². The van der Waals surface area contributed by atoms with Crippen LogP contribution in [-0.4, -0.2) is 77.5 Å². The van der Waals surface area contributed by atoms with Crippen molar-refractivity contribution in [2.75, 3.05) is 19.0 Å². The molecule has 0 aliphatic carbocycles. The Bertz CT molecular complexity index is 1860. The number of benzene rings is 3. The van der Waals surface area contributed by atoms with E-state index in [9.17, 15) is 19.5 Å². The van der Waals surface area contributed by atoms with Crippen molar-refractivity contribution in [3.8, 4) is 6.07 Å².